The number of anilines is 1. The standard InChI is InChI=1S/C14H27N5O2/c1-14(2,3)11(20)10-15-13(21)16-12-6-7-19(17-12)9-8-18(4)5/h6-7,11,20H,8-10H2,1-5H3,(H2,15,16,17,21). The number of rotatable bonds is 6. The first-order valence-corrected chi connectivity index (χ1v) is 7.09. The Kier molecular flexibility index (Phi) is 6.17. The van der Waals surface area contributed by atoms with Gasteiger partial charge in [-0.1, -0.05) is 20.8 Å². The zero-order valence-electron chi connectivity index (χ0n) is 13.6. The minimum Gasteiger partial charge on any atom is -0.391 e. The third-order valence-electron chi connectivity index (χ3n) is 3.11. The summed E-state index contributed by atoms with van der Waals surface area (Å²) < 4.78 is 1.78. The van der Waals surface area contributed by atoms with Crippen LogP contribution in [0.3, 0.4) is 0 Å². The number of hydrogen-bond donors (Lipinski definition) is 3. The molecule has 1 atom stereocenters. The largest absolute Gasteiger partial charge is 0.391 e. The summed E-state index contributed by atoms with van der Waals surface area (Å²) >= 11 is 0. The van der Waals surface area contributed by atoms with Crippen molar-refractivity contribution in [2.45, 2.75) is 33.4 Å². The molecule has 120 valence electrons. The number of nitrogens with one attached hydrogen (secondary N) is 2. The molecule has 1 aromatic rings. The van der Waals surface area contributed by atoms with E-state index in [4.69, 9.17) is 0 Å². The van der Waals surface area contributed by atoms with Gasteiger partial charge in [0.1, 0.15) is 0 Å². The Morgan fingerprint density at radius 3 is 2.71 bits per heavy atom. The second kappa shape index (κ2) is 7.42. The molecule has 1 heterocycles. The van der Waals surface area contributed by atoms with E-state index in [1.54, 1.807) is 10.7 Å². The Morgan fingerprint density at radius 2 is 2.14 bits per heavy atom. The van der Waals surface area contributed by atoms with Crippen molar-refractivity contribution in [1.29, 1.82) is 0 Å². The number of aliphatic hydroxyl groups is 1. The first-order chi connectivity index (χ1) is 9.68. The van der Waals surface area contributed by atoms with Crippen LogP contribution in [0.4, 0.5) is 10.6 Å². The zero-order valence-corrected chi connectivity index (χ0v) is 13.6. The van der Waals surface area contributed by atoms with Crippen molar-refractivity contribution in [3.05, 3.63) is 12.3 Å². The molecule has 1 aromatic heterocycles. The van der Waals surface area contributed by atoms with Gasteiger partial charge >= 0.3 is 6.03 Å². The lowest BCUT2D eigenvalue weighted by molar-refractivity contribution is 0.0654. The molecular weight excluding hydrogens is 270 g/mol. The molecule has 0 bridgehead atoms. The van der Waals surface area contributed by atoms with Gasteiger partial charge in [0.05, 0.1) is 12.6 Å². The van der Waals surface area contributed by atoms with Crippen molar-refractivity contribution in [3.63, 3.8) is 0 Å². The second-order valence-electron chi connectivity index (χ2n) is 6.48. The lowest BCUT2D eigenvalue weighted by Gasteiger charge is -2.25. The highest BCUT2D eigenvalue weighted by molar-refractivity contribution is 5.88. The highest BCUT2D eigenvalue weighted by Gasteiger charge is 2.22. The molecule has 0 aromatic carbocycles. The Balaban J connectivity index is 2.38. The van der Waals surface area contributed by atoms with E-state index in [1.807, 2.05) is 41.1 Å². The number of carbonyl (C=O) groups is 1. The lowest BCUT2D eigenvalue weighted by atomic mass is 9.89. The Bertz CT molecular complexity index is 450. The van der Waals surface area contributed by atoms with Crippen molar-refractivity contribution >= 4 is 11.8 Å². The summed E-state index contributed by atoms with van der Waals surface area (Å²) in [6.45, 7) is 7.61. The van der Waals surface area contributed by atoms with Gasteiger partial charge in [0.15, 0.2) is 5.82 Å². The Hall–Kier alpha value is -1.60. The van der Waals surface area contributed by atoms with E-state index in [2.05, 4.69) is 20.6 Å². The predicted molar refractivity (Wildman–Crippen MR) is 83.3 cm³/mol. The lowest BCUT2D eigenvalue weighted by Crippen LogP contribution is -2.40. The summed E-state index contributed by atoms with van der Waals surface area (Å²) in [5.41, 5.74) is -0.263. The smallest absolute Gasteiger partial charge is 0.320 e. The van der Waals surface area contributed by atoms with Crippen molar-refractivity contribution in [2.75, 3.05) is 32.5 Å². The predicted octanol–water partition coefficient (Wildman–Crippen LogP) is 0.973. The van der Waals surface area contributed by atoms with Gasteiger partial charge in [0, 0.05) is 25.4 Å². The van der Waals surface area contributed by atoms with Crippen LogP contribution in [0, 0.1) is 5.41 Å². The molecule has 0 saturated carbocycles. The number of aliphatic hydroxyl groups excluding tert-OH is 1. The van der Waals surface area contributed by atoms with Gasteiger partial charge in [-0.15, -0.1) is 0 Å². The average molecular weight is 297 g/mol. The van der Waals surface area contributed by atoms with E-state index in [0.717, 1.165) is 13.1 Å². The van der Waals surface area contributed by atoms with E-state index in [0.29, 0.717) is 5.82 Å². The quantitative estimate of drug-likeness (QED) is 0.731. The first kappa shape index (κ1) is 17.5. The number of amides is 2. The third kappa shape index (κ3) is 6.59. The van der Waals surface area contributed by atoms with Crippen molar-refractivity contribution in [1.82, 2.24) is 20.0 Å². The normalized spacial score (nSPS) is 13.3. The van der Waals surface area contributed by atoms with E-state index < -0.39 is 6.10 Å². The SMILES string of the molecule is CN(C)CCn1ccc(NC(=O)NCC(O)C(C)(C)C)n1. The van der Waals surface area contributed by atoms with Gasteiger partial charge in [0.2, 0.25) is 0 Å². The third-order valence-corrected chi connectivity index (χ3v) is 3.11. The number of hydrogen-bond acceptors (Lipinski definition) is 4. The topological polar surface area (TPSA) is 82.4 Å². The highest BCUT2D eigenvalue weighted by Crippen LogP contribution is 2.18. The van der Waals surface area contributed by atoms with E-state index in [1.165, 1.54) is 0 Å². The number of urea groups is 1. The molecule has 0 fully saturated rings. The minimum atomic E-state index is -0.596. The molecule has 1 rings (SSSR count). The molecule has 21 heavy (non-hydrogen) atoms. The molecule has 0 saturated heterocycles. The number of likely N-dealkylation sites (N-methyl/N-ethyl adjacent to an activating group) is 1. The molecular formula is C14H27N5O2. The molecule has 0 aliphatic rings. The molecule has 2 amide bonds. The van der Waals surface area contributed by atoms with Crippen LogP contribution in [0.1, 0.15) is 20.8 Å². The van der Waals surface area contributed by atoms with Crippen molar-refractivity contribution in [3.8, 4) is 0 Å². The van der Waals surface area contributed by atoms with Gasteiger partial charge in [-0.05, 0) is 19.5 Å². The molecule has 0 radical (unpaired) electrons. The molecule has 1 unspecified atom stereocenters. The van der Waals surface area contributed by atoms with Crippen LogP contribution < -0.4 is 10.6 Å². The summed E-state index contributed by atoms with van der Waals surface area (Å²) in [7, 11) is 3.99. The molecule has 7 heteroatoms. The van der Waals surface area contributed by atoms with Crippen LogP contribution in [0.25, 0.3) is 0 Å². The number of carbonyl (C=O) groups excluding carboxylic acids is 1. The van der Waals surface area contributed by atoms with Crippen LogP contribution in [-0.2, 0) is 6.54 Å². The summed E-state index contributed by atoms with van der Waals surface area (Å²) in [6, 6.07) is 1.38. The fraction of sp³-hybridized carbons (Fsp3) is 0.714. The fourth-order valence-electron chi connectivity index (χ4n) is 1.51. The van der Waals surface area contributed by atoms with Gasteiger partial charge in [-0.3, -0.25) is 10.00 Å². The molecule has 7 nitrogen and oxygen atoms in total. The minimum absolute atomic E-state index is 0.205. The first-order valence-electron chi connectivity index (χ1n) is 7.09. The molecule has 0 aliphatic carbocycles. The van der Waals surface area contributed by atoms with E-state index in [-0.39, 0.29) is 18.0 Å². The molecule has 0 aliphatic heterocycles. The molecule has 3 N–H and O–H groups in total. The number of nitrogens with zero attached hydrogens (tertiary/aromatic N) is 3. The van der Waals surface area contributed by atoms with E-state index in [9.17, 15) is 9.90 Å². The Labute approximate surface area is 126 Å². The van der Waals surface area contributed by atoms with Crippen LogP contribution >= 0.6 is 0 Å². The Morgan fingerprint density at radius 1 is 1.48 bits per heavy atom. The maximum absolute atomic E-state index is 11.7. The van der Waals surface area contributed by atoms with Crippen LogP contribution in [0.2, 0.25) is 0 Å². The van der Waals surface area contributed by atoms with E-state index >= 15 is 0 Å². The summed E-state index contributed by atoms with van der Waals surface area (Å²) in [4.78, 5) is 13.8. The maximum Gasteiger partial charge on any atom is 0.320 e. The summed E-state index contributed by atoms with van der Waals surface area (Å²) in [6.07, 6.45) is 1.23. The van der Waals surface area contributed by atoms with Gasteiger partial charge in [-0.2, -0.15) is 5.10 Å². The fourth-order valence-corrected chi connectivity index (χ4v) is 1.51. The summed E-state index contributed by atoms with van der Waals surface area (Å²) in [5, 5.41) is 19.4. The maximum atomic E-state index is 11.7. The summed E-state index contributed by atoms with van der Waals surface area (Å²) in [5.74, 6) is 0.497. The number of aromatic nitrogens is 2. The second-order valence-corrected chi connectivity index (χ2v) is 6.48. The zero-order chi connectivity index (χ0) is 16.0. The van der Waals surface area contributed by atoms with Crippen molar-refractivity contribution < 1.29 is 9.90 Å². The highest BCUT2D eigenvalue weighted by atomic mass is 16.3. The van der Waals surface area contributed by atoms with Crippen LogP contribution in [-0.4, -0.2) is 59.1 Å². The molecule has 0 spiro atoms. The van der Waals surface area contributed by atoms with Gasteiger partial charge in [0.25, 0.3) is 0 Å². The average Bonchev–Trinajstić information content (AvgIpc) is 2.79. The van der Waals surface area contributed by atoms with Gasteiger partial charge in [-0.25, -0.2) is 4.79 Å². The van der Waals surface area contributed by atoms with Crippen LogP contribution in [0.15, 0.2) is 12.3 Å². The monoisotopic (exact) mass is 297 g/mol. The van der Waals surface area contributed by atoms with Crippen molar-refractivity contribution in [2.24, 2.45) is 5.41 Å². The van der Waals surface area contributed by atoms with Crippen LogP contribution in [0.5, 0.6) is 0 Å². The van der Waals surface area contributed by atoms with Gasteiger partial charge < -0.3 is 15.3 Å².